The third-order valence-corrected chi connectivity index (χ3v) is 3.59. The van der Waals surface area contributed by atoms with Crippen molar-refractivity contribution in [2.45, 2.75) is 31.4 Å². The molecule has 0 saturated carbocycles. The molecular weight excluding hydrogens is 205 g/mol. The molecule has 1 N–H and O–H groups in total. The number of hydrogen-bond acceptors (Lipinski definition) is 3. The molecule has 1 fully saturated rings. The summed E-state index contributed by atoms with van der Waals surface area (Å²) in [7, 11) is -2.94. The van der Waals surface area contributed by atoms with Gasteiger partial charge in [-0.05, 0) is 32.2 Å². The number of rotatable bonds is 4. The Morgan fingerprint density at radius 3 is 2.71 bits per heavy atom. The van der Waals surface area contributed by atoms with Gasteiger partial charge < -0.3 is 5.32 Å². The Balaban J connectivity index is 2.29. The monoisotopic (exact) mass is 223 g/mol. The molecule has 1 aliphatic heterocycles. The van der Waals surface area contributed by atoms with E-state index in [9.17, 15) is 12.8 Å². The second kappa shape index (κ2) is 4.57. The van der Waals surface area contributed by atoms with Crippen LogP contribution in [0.15, 0.2) is 0 Å². The number of sulfone groups is 1. The van der Waals surface area contributed by atoms with Gasteiger partial charge in [0, 0.05) is 18.6 Å². The van der Waals surface area contributed by atoms with Gasteiger partial charge in [-0.15, -0.1) is 0 Å². The van der Waals surface area contributed by atoms with Crippen molar-refractivity contribution in [3.8, 4) is 0 Å². The lowest BCUT2D eigenvalue weighted by Gasteiger charge is -2.29. The summed E-state index contributed by atoms with van der Waals surface area (Å²) in [4.78, 5) is 0. The molecule has 1 heterocycles. The fraction of sp³-hybridized carbons (Fsp3) is 1.00. The fourth-order valence-electron chi connectivity index (χ4n) is 1.80. The highest BCUT2D eigenvalue weighted by Crippen LogP contribution is 2.26. The van der Waals surface area contributed by atoms with E-state index in [1.54, 1.807) is 0 Å². The lowest BCUT2D eigenvalue weighted by molar-refractivity contribution is 0.110. The largest absolute Gasteiger partial charge is 0.314 e. The zero-order valence-corrected chi connectivity index (χ0v) is 9.37. The van der Waals surface area contributed by atoms with Crippen LogP contribution in [0.3, 0.4) is 0 Å². The molecule has 14 heavy (non-hydrogen) atoms. The molecule has 5 heteroatoms. The van der Waals surface area contributed by atoms with Gasteiger partial charge in [0.1, 0.15) is 15.5 Å². The van der Waals surface area contributed by atoms with Crippen molar-refractivity contribution in [3.05, 3.63) is 0 Å². The van der Waals surface area contributed by atoms with Crippen molar-refractivity contribution in [2.24, 2.45) is 0 Å². The molecule has 0 aromatic heterocycles. The van der Waals surface area contributed by atoms with Crippen LogP contribution in [0, 0.1) is 0 Å². The van der Waals surface area contributed by atoms with Gasteiger partial charge in [-0.25, -0.2) is 12.8 Å². The van der Waals surface area contributed by atoms with E-state index in [1.165, 1.54) is 6.26 Å². The smallest absolute Gasteiger partial charge is 0.147 e. The third kappa shape index (κ3) is 4.37. The van der Waals surface area contributed by atoms with E-state index in [2.05, 4.69) is 5.32 Å². The Bertz CT molecular complexity index is 271. The van der Waals surface area contributed by atoms with Gasteiger partial charge in [-0.2, -0.15) is 0 Å². The summed E-state index contributed by atoms with van der Waals surface area (Å²) in [5.41, 5.74) is -1.18. The van der Waals surface area contributed by atoms with Crippen molar-refractivity contribution in [2.75, 3.05) is 25.1 Å². The predicted octanol–water partition coefficient (Wildman–Crippen LogP) is 0.903. The van der Waals surface area contributed by atoms with Crippen molar-refractivity contribution in [1.29, 1.82) is 0 Å². The van der Waals surface area contributed by atoms with E-state index in [0.717, 1.165) is 13.0 Å². The Kier molecular flexibility index (Phi) is 3.89. The normalized spacial score (nSPS) is 29.0. The summed E-state index contributed by atoms with van der Waals surface area (Å²) in [6.07, 6.45) is 3.38. The van der Waals surface area contributed by atoms with E-state index in [-0.39, 0.29) is 5.75 Å². The number of halogens is 1. The number of hydrogen-bond donors (Lipinski definition) is 1. The van der Waals surface area contributed by atoms with Gasteiger partial charge in [0.25, 0.3) is 0 Å². The summed E-state index contributed by atoms with van der Waals surface area (Å²) in [6, 6.07) is 0. The molecule has 1 atom stereocenters. The van der Waals surface area contributed by atoms with Crippen molar-refractivity contribution >= 4 is 9.84 Å². The van der Waals surface area contributed by atoms with Crippen molar-refractivity contribution < 1.29 is 12.8 Å². The van der Waals surface area contributed by atoms with E-state index in [1.807, 2.05) is 0 Å². The minimum Gasteiger partial charge on any atom is -0.314 e. The molecule has 0 aromatic carbocycles. The molecule has 3 nitrogen and oxygen atoms in total. The molecule has 0 radical (unpaired) electrons. The summed E-state index contributed by atoms with van der Waals surface area (Å²) < 4.78 is 35.6. The van der Waals surface area contributed by atoms with Gasteiger partial charge in [0.05, 0.1) is 0 Å². The quantitative estimate of drug-likeness (QED) is 0.770. The summed E-state index contributed by atoms with van der Waals surface area (Å²) in [6.45, 7) is 1.24. The maximum atomic E-state index is 13.9. The van der Waals surface area contributed by atoms with Crippen molar-refractivity contribution in [1.82, 2.24) is 5.32 Å². The predicted molar refractivity (Wildman–Crippen MR) is 54.9 cm³/mol. The Morgan fingerprint density at radius 2 is 2.21 bits per heavy atom. The van der Waals surface area contributed by atoms with E-state index < -0.39 is 15.5 Å². The van der Waals surface area contributed by atoms with Crippen LogP contribution in [-0.2, 0) is 9.84 Å². The third-order valence-electron chi connectivity index (χ3n) is 2.56. The summed E-state index contributed by atoms with van der Waals surface area (Å²) in [5.74, 6) is 0.0959. The van der Waals surface area contributed by atoms with Crippen LogP contribution >= 0.6 is 0 Å². The molecule has 1 saturated heterocycles. The first kappa shape index (κ1) is 11.9. The van der Waals surface area contributed by atoms with Gasteiger partial charge in [0.2, 0.25) is 0 Å². The Labute approximate surface area is 85.0 Å². The fourth-order valence-corrected chi connectivity index (χ4v) is 2.46. The van der Waals surface area contributed by atoms with Crippen LogP contribution in [0.5, 0.6) is 0 Å². The highest BCUT2D eigenvalue weighted by molar-refractivity contribution is 7.90. The number of nitrogens with one attached hydrogen (secondary N) is 1. The number of piperidine rings is 1. The van der Waals surface area contributed by atoms with Crippen LogP contribution in [0.1, 0.15) is 25.7 Å². The Morgan fingerprint density at radius 1 is 1.50 bits per heavy atom. The van der Waals surface area contributed by atoms with Crippen LogP contribution in [0.2, 0.25) is 0 Å². The molecule has 1 aliphatic rings. The van der Waals surface area contributed by atoms with Gasteiger partial charge >= 0.3 is 0 Å². The summed E-state index contributed by atoms with van der Waals surface area (Å²) >= 11 is 0. The van der Waals surface area contributed by atoms with Crippen LogP contribution < -0.4 is 5.32 Å². The highest BCUT2D eigenvalue weighted by atomic mass is 32.2. The molecule has 0 aromatic rings. The molecule has 0 spiro atoms. The van der Waals surface area contributed by atoms with Crippen LogP contribution in [0.25, 0.3) is 0 Å². The highest BCUT2D eigenvalue weighted by Gasteiger charge is 2.31. The van der Waals surface area contributed by atoms with Gasteiger partial charge in [-0.1, -0.05) is 0 Å². The second-order valence-electron chi connectivity index (χ2n) is 4.16. The first-order chi connectivity index (χ1) is 6.41. The molecule has 1 rings (SSSR count). The van der Waals surface area contributed by atoms with Crippen LogP contribution in [-0.4, -0.2) is 39.2 Å². The minimum atomic E-state index is -2.94. The molecule has 0 amide bonds. The van der Waals surface area contributed by atoms with Crippen molar-refractivity contribution in [3.63, 3.8) is 0 Å². The molecule has 84 valence electrons. The average molecular weight is 223 g/mol. The maximum absolute atomic E-state index is 13.9. The molecular formula is C9H18FNO2S. The molecule has 0 aliphatic carbocycles. The topological polar surface area (TPSA) is 46.2 Å². The van der Waals surface area contributed by atoms with Gasteiger partial charge in [-0.3, -0.25) is 0 Å². The Hall–Kier alpha value is -0.160. The van der Waals surface area contributed by atoms with E-state index >= 15 is 0 Å². The first-order valence-electron chi connectivity index (χ1n) is 4.99. The standard InChI is InChI=1S/C9H18FNO2S/c1-14(12,13)7-3-5-9(10)4-2-6-11-8-9/h11H,2-8H2,1H3. The first-order valence-corrected chi connectivity index (χ1v) is 7.05. The number of alkyl halides is 1. The molecule has 0 bridgehead atoms. The zero-order valence-electron chi connectivity index (χ0n) is 8.55. The second-order valence-corrected chi connectivity index (χ2v) is 6.42. The summed E-state index contributed by atoms with van der Waals surface area (Å²) in [5, 5.41) is 3.00. The van der Waals surface area contributed by atoms with E-state index in [0.29, 0.717) is 25.8 Å². The van der Waals surface area contributed by atoms with Crippen LogP contribution in [0.4, 0.5) is 4.39 Å². The zero-order chi connectivity index (χ0) is 10.7. The average Bonchev–Trinajstić information content (AvgIpc) is 2.02. The van der Waals surface area contributed by atoms with E-state index in [4.69, 9.17) is 0 Å². The lowest BCUT2D eigenvalue weighted by Crippen LogP contribution is -2.42. The molecule has 1 unspecified atom stereocenters. The SMILES string of the molecule is CS(=O)(=O)CCCC1(F)CCCNC1. The maximum Gasteiger partial charge on any atom is 0.147 e. The minimum absolute atomic E-state index is 0.0959. The lowest BCUT2D eigenvalue weighted by atomic mass is 9.92. The van der Waals surface area contributed by atoms with Gasteiger partial charge in [0.15, 0.2) is 0 Å².